The summed E-state index contributed by atoms with van der Waals surface area (Å²) >= 11 is 0. The molecule has 0 spiro atoms. The van der Waals surface area contributed by atoms with Crippen molar-refractivity contribution < 1.29 is 24.6 Å². The minimum absolute atomic E-state index is 0.0553. The van der Waals surface area contributed by atoms with Gasteiger partial charge in [-0.2, -0.15) is 0 Å². The number of rotatable bonds is 12. The Morgan fingerprint density at radius 3 is 2.48 bits per heavy atom. The Morgan fingerprint density at radius 1 is 1.00 bits per heavy atom. The number of aliphatic hydroxyl groups excluding tert-OH is 1. The Hall–Kier alpha value is -3.25. The molecule has 6 heteroatoms. The normalized spacial score (nSPS) is 16.9. The smallest absolute Gasteiger partial charge is 0.303 e. The zero-order valence-electron chi connectivity index (χ0n) is 18.7. The summed E-state index contributed by atoms with van der Waals surface area (Å²) in [6.45, 7) is 0.637. The average molecular weight is 450 g/mol. The molecule has 6 nitrogen and oxygen atoms in total. The number of unbranched alkanes of at least 4 members (excludes halogenated alkanes) is 3. The number of aliphatic carboxylic acids is 1. The fourth-order valence-electron chi connectivity index (χ4n) is 4.12. The van der Waals surface area contributed by atoms with Crippen molar-refractivity contribution in [2.45, 2.75) is 57.1 Å². The summed E-state index contributed by atoms with van der Waals surface area (Å²) < 4.78 is 0. The number of carboxylic acid groups (broad SMARTS) is 1. The SMILES string of the molecule is O=C(O)CCCCCCN1C(=O)CCC1/C=C/[C@@H](O)c1cccc(C(=O)c2ccccc2)c1. The van der Waals surface area contributed by atoms with Crippen LogP contribution < -0.4 is 0 Å². The lowest BCUT2D eigenvalue weighted by atomic mass is 9.99. The van der Waals surface area contributed by atoms with Gasteiger partial charge < -0.3 is 15.1 Å². The number of carbonyl (C=O) groups is 3. The molecule has 3 rings (SSSR count). The van der Waals surface area contributed by atoms with Crippen LogP contribution in [0.1, 0.15) is 72.5 Å². The standard InChI is InChI=1S/C27H31NO5/c29-24(21-11-8-12-22(19-21)27(33)20-9-4-3-5-10-20)16-14-23-15-17-25(30)28(23)18-7-2-1-6-13-26(31)32/h3-5,8-12,14,16,19,23-24,29H,1-2,6-7,13,15,17-18H2,(H,31,32)/b16-14+/t23?,24-/m1/s1. The Balaban J connectivity index is 1.56. The number of carbonyl (C=O) groups excluding carboxylic acids is 2. The maximum atomic E-state index is 12.7. The van der Waals surface area contributed by atoms with E-state index < -0.39 is 12.1 Å². The number of hydrogen-bond donors (Lipinski definition) is 2. The van der Waals surface area contributed by atoms with Crippen molar-refractivity contribution >= 4 is 17.7 Å². The molecule has 1 aliphatic heterocycles. The van der Waals surface area contributed by atoms with Crippen molar-refractivity contribution in [1.29, 1.82) is 0 Å². The molecular formula is C27H31NO5. The highest BCUT2D eigenvalue weighted by Gasteiger charge is 2.28. The number of carboxylic acids is 1. The van der Waals surface area contributed by atoms with E-state index in [1.165, 1.54) is 0 Å². The number of nitrogens with zero attached hydrogens (tertiary/aromatic N) is 1. The zero-order chi connectivity index (χ0) is 23.6. The highest BCUT2D eigenvalue weighted by molar-refractivity contribution is 6.09. The molecule has 33 heavy (non-hydrogen) atoms. The molecule has 174 valence electrons. The van der Waals surface area contributed by atoms with Crippen LogP contribution in [0.4, 0.5) is 0 Å². The molecule has 1 amide bonds. The van der Waals surface area contributed by atoms with Gasteiger partial charge >= 0.3 is 5.97 Å². The van der Waals surface area contributed by atoms with Gasteiger partial charge in [-0.05, 0) is 30.9 Å². The summed E-state index contributed by atoms with van der Waals surface area (Å²) in [7, 11) is 0. The lowest BCUT2D eigenvalue weighted by Crippen LogP contribution is -2.32. The molecule has 0 aliphatic carbocycles. The van der Waals surface area contributed by atoms with Crippen molar-refractivity contribution in [3.05, 3.63) is 83.4 Å². The fraction of sp³-hybridized carbons (Fsp3) is 0.370. The first-order valence-corrected chi connectivity index (χ1v) is 11.5. The first-order chi connectivity index (χ1) is 16.0. The largest absolute Gasteiger partial charge is 0.481 e. The summed E-state index contributed by atoms with van der Waals surface area (Å²) in [5, 5.41) is 19.4. The molecule has 1 saturated heterocycles. The molecule has 1 aliphatic rings. The minimum Gasteiger partial charge on any atom is -0.481 e. The van der Waals surface area contributed by atoms with Gasteiger partial charge in [0.15, 0.2) is 5.78 Å². The molecule has 0 saturated carbocycles. The Labute approximate surface area is 194 Å². The average Bonchev–Trinajstić information content (AvgIpc) is 3.18. The molecule has 1 unspecified atom stereocenters. The monoisotopic (exact) mass is 449 g/mol. The molecule has 2 aromatic carbocycles. The number of aliphatic hydroxyl groups is 1. The Morgan fingerprint density at radius 2 is 1.73 bits per heavy atom. The summed E-state index contributed by atoms with van der Waals surface area (Å²) in [5.74, 6) is -0.756. The molecule has 0 radical (unpaired) electrons. The van der Waals surface area contributed by atoms with E-state index in [4.69, 9.17) is 5.11 Å². The summed E-state index contributed by atoms with van der Waals surface area (Å²) in [5.41, 5.74) is 1.75. The van der Waals surface area contributed by atoms with Gasteiger partial charge in [-0.25, -0.2) is 0 Å². The van der Waals surface area contributed by atoms with E-state index in [0.717, 1.165) is 19.3 Å². The van der Waals surface area contributed by atoms with E-state index >= 15 is 0 Å². The lowest BCUT2D eigenvalue weighted by molar-refractivity contribution is -0.137. The van der Waals surface area contributed by atoms with Gasteiger partial charge in [-0.1, -0.05) is 73.5 Å². The third-order valence-corrected chi connectivity index (χ3v) is 5.96. The van der Waals surface area contributed by atoms with Gasteiger partial charge in [0, 0.05) is 30.5 Å². The maximum absolute atomic E-state index is 12.7. The van der Waals surface area contributed by atoms with Crippen molar-refractivity contribution in [2.24, 2.45) is 0 Å². The van der Waals surface area contributed by atoms with E-state index in [1.54, 1.807) is 42.5 Å². The molecule has 2 N–H and O–H groups in total. The van der Waals surface area contributed by atoms with Crippen molar-refractivity contribution in [3.63, 3.8) is 0 Å². The predicted molar refractivity (Wildman–Crippen MR) is 126 cm³/mol. The molecule has 1 heterocycles. The van der Waals surface area contributed by atoms with Crippen LogP contribution in [-0.2, 0) is 9.59 Å². The van der Waals surface area contributed by atoms with Crippen LogP contribution in [-0.4, -0.2) is 45.4 Å². The second-order valence-electron chi connectivity index (χ2n) is 8.40. The van der Waals surface area contributed by atoms with Gasteiger partial charge in [-0.3, -0.25) is 14.4 Å². The van der Waals surface area contributed by atoms with E-state index in [1.807, 2.05) is 29.2 Å². The molecule has 1 fully saturated rings. The number of likely N-dealkylation sites (tertiary alicyclic amines) is 1. The second kappa shape index (κ2) is 12.1. The minimum atomic E-state index is -0.873. The number of ketones is 1. The highest BCUT2D eigenvalue weighted by Crippen LogP contribution is 2.23. The van der Waals surface area contributed by atoms with Crippen molar-refractivity contribution in [1.82, 2.24) is 4.90 Å². The zero-order valence-corrected chi connectivity index (χ0v) is 18.7. The second-order valence-corrected chi connectivity index (χ2v) is 8.40. The van der Waals surface area contributed by atoms with E-state index in [0.29, 0.717) is 42.5 Å². The van der Waals surface area contributed by atoms with Gasteiger partial charge in [0.25, 0.3) is 0 Å². The molecule has 0 bridgehead atoms. The number of hydrogen-bond acceptors (Lipinski definition) is 4. The van der Waals surface area contributed by atoms with Crippen LogP contribution in [0.15, 0.2) is 66.7 Å². The van der Waals surface area contributed by atoms with Crippen LogP contribution in [0, 0.1) is 0 Å². The Bertz CT molecular complexity index is 985. The summed E-state index contributed by atoms with van der Waals surface area (Å²) in [4.78, 5) is 37.4. The quantitative estimate of drug-likeness (QED) is 0.282. The number of benzene rings is 2. The predicted octanol–water partition coefficient (Wildman–Crippen LogP) is 4.53. The van der Waals surface area contributed by atoms with Gasteiger partial charge in [0.1, 0.15) is 0 Å². The molecule has 2 atom stereocenters. The maximum Gasteiger partial charge on any atom is 0.303 e. The first kappa shape index (κ1) is 24.4. The van der Waals surface area contributed by atoms with E-state index in [2.05, 4.69) is 0 Å². The third-order valence-electron chi connectivity index (χ3n) is 5.96. The topological polar surface area (TPSA) is 94.9 Å². The van der Waals surface area contributed by atoms with Crippen molar-refractivity contribution in [3.8, 4) is 0 Å². The summed E-state index contributed by atoms with van der Waals surface area (Å²) in [6, 6.07) is 16.0. The van der Waals surface area contributed by atoms with Gasteiger partial charge in [0.05, 0.1) is 12.1 Å². The summed E-state index contributed by atoms with van der Waals surface area (Å²) in [6.07, 6.45) is 7.31. The van der Waals surface area contributed by atoms with Crippen LogP contribution in [0.25, 0.3) is 0 Å². The van der Waals surface area contributed by atoms with Crippen LogP contribution in [0.2, 0.25) is 0 Å². The van der Waals surface area contributed by atoms with Crippen LogP contribution in [0.5, 0.6) is 0 Å². The third kappa shape index (κ3) is 7.12. The number of amides is 1. The molecule has 2 aromatic rings. The molecule has 0 aromatic heterocycles. The Kier molecular flexibility index (Phi) is 8.95. The van der Waals surface area contributed by atoms with Crippen molar-refractivity contribution in [2.75, 3.05) is 6.54 Å². The first-order valence-electron chi connectivity index (χ1n) is 11.5. The van der Waals surface area contributed by atoms with E-state index in [9.17, 15) is 19.5 Å². The van der Waals surface area contributed by atoms with Gasteiger partial charge in [-0.15, -0.1) is 0 Å². The lowest BCUT2D eigenvalue weighted by Gasteiger charge is -2.22. The fourth-order valence-corrected chi connectivity index (χ4v) is 4.12. The van der Waals surface area contributed by atoms with Crippen LogP contribution >= 0.6 is 0 Å². The highest BCUT2D eigenvalue weighted by atomic mass is 16.4. The van der Waals surface area contributed by atoms with E-state index in [-0.39, 0.29) is 24.2 Å². The van der Waals surface area contributed by atoms with Crippen LogP contribution in [0.3, 0.4) is 0 Å². The van der Waals surface area contributed by atoms with Gasteiger partial charge in [0.2, 0.25) is 5.91 Å². The molecular weight excluding hydrogens is 418 g/mol.